The molecule has 1 aromatic heterocycles. The van der Waals surface area contributed by atoms with Crippen LogP contribution in [0.4, 0.5) is 0 Å². The summed E-state index contributed by atoms with van der Waals surface area (Å²) in [7, 11) is -3.70. The van der Waals surface area contributed by atoms with Crippen LogP contribution in [-0.2, 0) is 15.6 Å². The zero-order chi connectivity index (χ0) is 15.8. The first-order chi connectivity index (χ1) is 10.4. The maximum absolute atomic E-state index is 12.6. The second-order valence-electron chi connectivity index (χ2n) is 5.37. The number of fused-ring (bicyclic) bond motifs is 1. The van der Waals surface area contributed by atoms with E-state index in [1.165, 1.54) is 23.5 Å². The largest absolute Gasteiger partial charge is 0.486 e. The van der Waals surface area contributed by atoms with Crippen LogP contribution >= 0.6 is 11.3 Å². The highest BCUT2D eigenvalue weighted by molar-refractivity contribution is 7.89. The van der Waals surface area contributed by atoms with Crippen molar-refractivity contribution in [3.05, 3.63) is 34.8 Å². The molecule has 1 aromatic carbocycles. The van der Waals surface area contributed by atoms with Crippen LogP contribution < -0.4 is 14.2 Å². The van der Waals surface area contributed by atoms with E-state index in [1.807, 2.05) is 5.38 Å². The lowest BCUT2D eigenvalue weighted by molar-refractivity contribution is 0.171. The number of ether oxygens (including phenoxy) is 2. The Balaban J connectivity index is 1.90. The Kier molecular flexibility index (Phi) is 3.84. The number of nitrogens with zero attached hydrogens (tertiary/aromatic N) is 1. The lowest BCUT2D eigenvalue weighted by atomic mass is 10.1. The van der Waals surface area contributed by atoms with E-state index in [-0.39, 0.29) is 4.90 Å². The predicted octanol–water partition coefficient (Wildman–Crippen LogP) is 2.13. The van der Waals surface area contributed by atoms with Crippen LogP contribution in [0.5, 0.6) is 11.5 Å². The van der Waals surface area contributed by atoms with Crippen LogP contribution in [0.2, 0.25) is 0 Å². The third-order valence-electron chi connectivity index (χ3n) is 3.18. The molecule has 1 aliphatic heterocycles. The predicted molar refractivity (Wildman–Crippen MR) is 82.9 cm³/mol. The van der Waals surface area contributed by atoms with Crippen molar-refractivity contribution in [1.82, 2.24) is 9.71 Å². The van der Waals surface area contributed by atoms with E-state index in [4.69, 9.17) is 9.47 Å². The minimum atomic E-state index is -3.70. The van der Waals surface area contributed by atoms with Crippen molar-refractivity contribution in [2.75, 3.05) is 13.2 Å². The van der Waals surface area contributed by atoms with Gasteiger partial charge in [0, 0.05) is 17.6 Å². The highest BCUT2D eigenvalue weighted by atomic mass is 32.2. The van der Waals surface area contributed by atoms with Crippen molar-refractivity contribution in [3.63, 3.8) is 0 Å². The van der Waals surface area contributed by atoms with E-state index in [9.17, 15) is 8.42 Å². The molecule has 0 bridgehead atoms. The number of hydrogen-bond donors (Lipinski definition) is 1. The average molecular weight is 340 g/mol. The zero-order valence-electron chi connectivity index (χ0n) is 12.2. The van der Waals surface area contributed by atoms with Crippen LogP contribution in [0.15, 0.2) is 34.7 Å². The fraction of sp³-hybridized carbons (Fsp3) is 0.357. The molecular weight excluding hydrogens is 324 g/mol. The molecule has 0 unspecified atom stereocenters. The molecule has 3 rings (SSSR count). The molecule has 8 heteroatoms. The maximum Gasteiger partial charge on any atom is 0.241 e. The third kappa shape index (κ3) is 2.94. The van der Waals surface area contributed by atoms with E-state index < -0.39 is 15.6 Å². The fourth-order valence-electron chi connectivity index (χ4n) is 2.16. The van der Waals surface area contributed by atoms with Gasteiger partial charge in [0.2, 0.25) is 10.0 Å². The van der Waals surface area contributed by atoms with E-state index >= 15 is 0 Å². The second-order valence-corrected chi connectivity index (χ2v) is 7.95. The molecule has 0 aliphatic carbocycles. The first kappa shape index (κ1) is 15.3. The van der Waals surface area contributed by atoms with Crippen molar-refractivity contribution < 1.29 is 17.9 Å². The number of aromatic nitrogens is 1. The molecule has 2 aromatic rings. The fourth-order valence-corrected chi connectivity index (χ4v) is 4.34. The summed E-state index contributed by atoms with van der Waals surface area (Å²) < 4.78 is 38.7. The minimum absolute atomic E-state index is 0.140. The smallest absolute Gasteiger partial charge is 0.241 e. The van der Waals surface area contributed by atoms with Gasteiger partial charge in [-0.3, -0.25) is 0 Å². The lowest BCUT2D eigenvalue weighted by Crippen LogP contribution is -2.40. The molecule has 0 radical (unpaired) electrons. The van der Waals surface area contributed by atoms with Gasteiger partial charge in [-0.15, -0.1) is 11.3 Å². The lowest BCUT2D eigenvalue weighted by Gasteiger charge is -2.24. The van der Waals surface area contributed by atoms with E-state index in [2.05, 4.69) is 9.71 Å². The van der Waals surface area contributed by atoms with Gasteiger partial charge >= 0.3 is 0 Å². The number of thiazole rings is 1. The van der Waals surface area contributed by atoms with Gasteiger partial charge in [-0.25, -0.2) is 13.4 Å². The Morgan fingerprint density at radius 2 is 1.95 bits per heavy atom. The summed E-state index contributed by atoms with van der Waals surface area (Å²) in [6.45, 7) is 4.44. The highest BCUT2D eigenvalue weighted by Crippen LogP contribution is 2.33. The van der Waals surface area contributed by atoms with Crippen LogP contribution in [0, 0.1) is 0 Å². The molecule has 0 saturated heterocycles. The van der Waals surface area contributed by atoms with Crippen molar-refractivity contribution in [3.8, 4) is 11.5 Å². The molecule has 1 N–H and O–H groups in total. The van der Waals surface area contributed by atoms with E-state index in [0.29, 0.717) is 29.7 Å². The van der Waals surface area contributed by atoms with Gasteiger partial charge in [0.05, 0.1) is 10.4 Å². The Bertz CT molecular complexity index is 770. The molecule has 6 nitrogen and oxygen atoms in total. The van der Waals surface area contributed by atoms with Crippen molar-refractivity contribution in [1.29, 1.82) is 0 Å². The summed E-state index contributed by atoms with van der Waals surface area (Å²) in [6, 6.07) is 4.60. The second kappa shape index (κ2) is 5.53. The summed E-state index contributed by atoms with van der Waals surface area (Å²) >= 11 is 1.41. The number of sulfonamides is 1. The van der Waals surface area contributed by atoms with Gasteiger partial charge < -0.3 is 9.47 Å². The summed E-state index contributed by atoms with van der Waals surface area (Å²) in [6.07, 6.45) is 1.65. The van der Waals surface area contributed by atoms with Gasteiger partial charge in [-0.1, -0.05) is 0 Å². The van der Waals surface area contributed by atoms with Gasteiger partial charge in [-0.2, -0.15) is 4.72 Å². The minimum Gasteiger partial charge on any atom is -0.486 e. The van der Waals surface area contributed by atoms with Crippen LogP contribution in [0.25, 0.3) is 0 Å². The maximum atomic E-state index is 12.6. The molecule has 2 heterocycles. The van der Waals surface area contributed by atoms with Crippen LogP contribution in [0.1, 0.15) is 18.9 Å². The summed E-state index contributed by atoms with van der Waals surface area (Å²) in [5, 5.41) is 2.52. The van der Waals surface area contributed by atoms with Crippen LogP contribution in [-0.4, -0.2) is 26.6 Å². The SMILES string of the molecule is CC(C)(NS(=O)(=O)c1ccc2c(c1)OCCO2)c1nccs1. The Morgan fingerprint density at radius 3 is 2.64 bits per heavy atom. The normalized spacial score (nSPS) is 14.8. The molecule has 0 atom stereocenters. The monoisotopic (exact) mass is 340 g/mol. The van der Waals surface area contributed by atoms with E-state index in [1.54, 1.807) is 26.1 Å². The van der Waals surface area contributed by atoms with Gasteiger partial charge in [0.15, 0.2) is 11.5 Å². The van der Waals surface area contributed by atoms with Crippen molar-refractivity contribution >= 4 is 21.4 Å². The van der Waals surface area contributed by atoms with Gasteiger partial charge in [-0.05, 0) is 26.0 Å². The Labute approximate surface area is 133 Å². The molecule has 0 amide bonds. The number of benzene rings is 1. The highest BCUT2D eigenvalue weighted by Gasteiger charge is 2.30. The molecule has 0 fully saturated rings. The quantitative estimate of drug-likeness (QED) is 0.922. The Morgan fingerprint density at radius 1 is 1.23 bits per heavy atom. The third-order valence-corrected chi connectivity index (χ3v) is 5.93. The molecule has 0 saturated carbocycles. The first-order valence-electron chi connectivity index (χ1n) is 6.72. The molecule has 22 heavy (non-hydrogen) atoms. The van der Waals surface area contributed by atoms with Crippen LogP contribution in [0.3, 0.4) is 0 Å². The number of nitrogens with one attached hydrogen (secondary N) is 1. The summed E-state index contributed by atoms with van der Waals surface area (Å²) in [5.74, 6) is 1.01. The Hall–Kier alpha value is -1.64. The first-order valence-corrected chi connectivity index (χ1v) is 9.08. The zero-order valence-corrected chi connectivity index (χ0v) is 13.8. The standard InChI is InChI=1S/C14H16N2O4S2/c1-14(2,13-15-5-8-21-13)16-22(17,18)10-3-4-11-12(9-10)20-7-6-19-11/h3-5,8-9,16H,6-7H2,1-2H3. The van der Waals surface area contributed by atoms with Crippen molar-refractivity contribution in [2.24, 2.45) is 0 Å². The number of rotatable bonds is 4. The molecular formula is C14H16N2O4S2. The van der Waals surface area contributed by atoms with Gasteiger partial charge in [0.25, 0.3) is 0 Å². The van der Waals surface area contributed by atoms with Gasteiger partial charge in [0.1, 0.15) is 18.2 Å². The molecule has 1 aliphatic rings. The topological polar surface area (TPSA) is 77.5 Å². The summed E-state index contributed by atoms with van der Waals surface area (Å²) in [5.41, 5.74) is -0.791. The summed E-state index contributed by atoms with van der Waals surface area (Å²) in [4.78, 5) is 4.32. The average Bonchev–Trinajstić information content (AvgIpc) is 3.01. The number of hydrogen-bond acceptors (Lipinski definition) is 6. The molecule has 118 valence electrons. The molecule has 0 spiro atoms. The van der Waals surface area contributed by atoms with Crippen molar-refractivity contribution in [2.45, 2.75) is 24.3 Å². The van der Waals surface area contributed by atoms with E-state index in [0.717, 1.165) is 0 Å².